The Kier molecular flexibility index (Phi) is 46.1. The number of allylic oxidation sites excluding steroid dienone is 12. The summed E-state index contributed by atoms with van der Waals surface area (Å²) in [4.78, 5) is 48.3. The van der Waals surface area contributed by atoms with Crippen LogP contribution in [0.1, 0.15) is 213 Å². The lowest BCUT2D eigenvalue weighted by Gasteiger charge is -2.21. The standard InChI is InChI=1S/C54H93O11P/c1-4-7-10-13-16-19-22-25-28-31-34-37-40-43-52(56)61-47-51(65-54(58)45-42-39-36-33-30-27-24-21-18-15-12-9-6-3)49-63-66(59,60)62-48-50(46-55)64-53(57)44-41-38-35-32-29-26-23-20-17-14-11-8-5-2/h7,10,12,15-16,19-21,23-25,28,50-51,55H,4-6,8-9,11,13-14,17-18,22,26-27,29-49H2,1-3H3,(H,59,60)/b10-7-,15-12-,19-16-,23-20-,24-21-,28-25-. The topological polar surface area (TPSA) is 155 Å². The molecule has 0 saturated heterocycles. The largest absolute Gasteiger partial charge is 0.472 e. The lowest BCUT2D eigenvalue weighted by molar-refractivity contribution is -0.161. The molecule has 0 amide bonds. The van der Waals surface area contributed by atoms with Gasteiger partial charge < -0.3 is 24.2 Å². The minimum atomic E-state index is -4.75. The van der Waals surface area contributed by atoms with Crippen molar-refractivity contribution in [1.29, 1.82) is 0 Å². The summed E-state index contributed by atoms with van der Waals surface area (Å²) in [5, 5.41) is 9.77. The Labute approximate surface area is 401 Å². The lowest BCUT2D eigenvalue weighted by Crippen LogP contribution is -2.30. The van der Waals surface area contributed by atoms with Crippen LogP contribution in [0.4, 0.5) is 0 Å². The molecule has 0 aliphatic carbocycles. The number of phosphoric ester groups is 1. The van der Waals surface area contributed by atoms with Crippen molar-refractivity contribution >= 4 is 25.7 Å². The molecule has 0 aromatic heterocycles. The van der Waals surface area contributed by atoms with E-state index in [1.165, 1.54) is 25.7 Å². The average molecular weight is 949 g/mol. The van der Waals surface area contributed by atoms with Crippen LogP contribution in [-0.2, 0) is 42.2 Å². The van der Waals surface area contributed by atoms with Gasteiger partial charge in [0.1, 0.15) is 12.7 Å². The van der Waals surface area contributed by atoms with E-state index in [-0.39, 0.29) is 25.9 Å². The summed E-state index contributed by atoms with van der Waals surface area (Å²) in [6.07, 6.45) is 51.6. The summed E-state index contributed by atoms with van der Waals surface area (Å²) in [6, 6.07) is 0. The van der Waals surface area contributed by atoms with Gasteiger partial charge in [0.15, 0.2) is 6.10 Å². The van der Waals surface area contributed by atoms with Crippen LogP contribution in [0.25, 0.3) is 0 Å². The predicted octanol–water partition coefficient (Wildman–Crippen LogP) is 14.6. The number of hydrogen-bond acceptors (Lipinski definition) is 10. The van der Waals surface area contributed by atoms with Crippen molar-refractivity contribution in [3.05, 3.63) is 72.9 Å². The summed E-state index contributed by atoms with van der Waals surface area (Å²) >= 11 is 0. The van der Waals surface area contributed by atoms with Gasteiger partial charge in [-0.05, 0) is 103 Å². The van der Waals surface area contributed by atoms with Crippen LogP contribution in [-0.4, -0.2) is 66.5 Å². The molecule has 0 aliphatic rings. The third-order valence-corrected chi connectivity index (χ3v) is 11.5. The second kappa shape index (κ2) is 48.4. The number of phosphoric acid groups is 1. The van der Waals surface area contributed by atoms with Gasteiger partial charge in [-0.3, -0.25) is 23.4 Å². The van der Waals surface area contributed by atoms with Gasteiger partial charge >= 0.3 is 25.7 Å². The summed E-state index contributed by atoms with van der Waals surface area (Å²) in [5.74, 6) is -1.53. The first-order valence-corrected chi connectivity index (χ1v) is 27.3. The highest BCUT2D eigenvalue weighted by molar-refractivity contribution is 7.47. The monoisotopic (exact) mass is 949 g/mol. The summed E-state index contributed by atoms with van der Waals surface area (Å²) in [6.45, 7) is 4.37. The molecule has 12 heteroatoms. The Balaban J connectivity index is 4.80. The van der Waals surface area contributed by atoms with Crippen LogP contribution in [0.2, 0.25) is 0 Å². The van der Waals surface area contributed by atoms with Gasteiger partial charge in [-0.25, -0.2) is 4.57 Å². The minimum Gasteiger partial charge on any atom is -0.462 e. The molecule has 3 unspecified atom stereocenters. The van der Waals surface area contributed by atoms with Crippen LogP contribution in [0, 0.1) is 0 Å². The summed E-state index contributed by atoms with van der Waals surface area (Å²) in [5.41, 5.74) is 0. The fourth-order valence-corrected chi connectivity index (χ4v) is 7.42. The number of aliphatic hydroxyl groups is 1. The Hall–Kier alpha value is -3.08. The van der Waals surface area contributed by atoms with Gasteiger partial charge in [0.05, 0.1) is 19.8 Å². The van der Waals surface area contributed by atoms with Crippen molar-refractivity contribution in [3.8, 4) is 0 Å². The second-order valence-corrected chi connectivity index (χ2v) is 18.4. The summed E-state index contributed by atoms with van der Waals surface area (Å²) < 4.78 is 39.3. The van der Waals surface area contributed by atoms with E-state index in [0.29, 0.717) is 19.3 Å². The van der Waals surface area contributed by atoms with Crippen LogP contribution in [0.15, 0.2) is 72.9 Å². The molecular weight excluding hydrogens is 856 g/mol. The number of aliphatic hydroxyl groups excluding tert-OH is 1. The van der Waals surface area contributed by atoms with Gasteiger partial charge in [0.25, 0.3) is 0 Å². The number of rotatable bonds is 47. The quantitative estimate of drug-likeness (QED) is 0.0197. The SMILES string of the molecule is CC/C=C\C/C=C\C/C=C\CCCCCC(=O)OCC(COP(=O)(O)OCC(CO)OC(=O)CCCCCCC/C=C\CCCCCC)OC(=O)CCCCCCC/C=C\C/C=C\CCC. The van der Waals surface area contributed by atoms with E-state index in [1.54, 1.807) is 0 Å². The van der Waals surface area contributed by atoms with E-state index in [1.807, 2.05) is 0 Å². The van der Waals surface area contributed by atoms with Crippen molar-refractivity contribution in [2.75, 3.05) is 26.4 Å². The van der Waals surface area contributed by atoms with Crippen molar-refractivity contribution in [2.24, 2.45) is 0 Å². The molecule has 66 heavy (non-hydrogen) atoms. The molecule has 11 nitrogen and oxygen atoms in total. The van der Waals surface area contributed by atoms with Crippen molar-refractivity contribution in [2.45, 2.75) is 226 Å². The van der Waals surface area contributed by atoms with E-state index in [4.69, 9.17) is 23.3 Å². The first kappa shape index (κ1) is 62.9. The maximum Gasteiger partial charge on any atom is 0.472 e. The van der Waals surface area contributed by atoms with Gasteiger partial charge in [-0.2, -0.15) is 0 Å². The molecule has 0 radical (unpaired) electrons. The molecule has 0 rings (SSSR count). The van der Waals surface area contributed by atoms with Crippen molar-refractivity contribution in [3.63, 3.8) is 0 Å². The van der Waals surface area contributed by atoms with Gasteiger partial charge in [0.2, 0.25) is 0 Å². The molecule has 0 aliphatic heterocycles. The summed E-state index contributed by atoms with van der Waals surface area (Å²) in [7, 11) is -4.75. The first-order chi connectivity index (χ1) is 32.2. The fraction of sp³-hybridized carbons (Fsp3) is 0.722. The molecule has 0 spiro atoms. The van der Waals surface area contributed by atoms with Crippen LogP contribution < -0.4 is 0 Å². The lowest BCUT2D eigenvalue weighted by atomic mass is 10.1. The molecule has 0 heterocycles. The zero-order valence-corrected chi connectivity index (χ0v) is 42.5. The average Bonchev–Trinajstić information content (AvgIpc) is 3.30. The van der Waals surface area contributed by atoms with E-state index in [2.05, 4.69) is 93.7 Å². The number of unbranched alkanes of at least 4 members (excludes halogenated alkanes) is 18. The zero-order valence-electron chi connectivity index (χ0n) is 41.6. The molecule has 2 N–H and O–H groups in total. The highest BCUT2D eigenvalue weighted by atomic mass is 31.2. The van der Waals surface area contributed by atoms with Crippen molar-refractivity contribution in [1.82, 2.24) is 0 Å². The molecule has 380 valence electrons. The fourth-order valence-electron chi connectivity index (χ4n) is 6.64. The maximum absolute atomic E-state index is 12.8. The molecule has 0 bridgehead atoms. The van der Waals surface area contributed by atoms with E-state index >= 15 is 0 Å². The third kappa shape index (κ3) is 46.0. The van der Waals surface area contributed by atoms with E-state index in [0.717, 1.165) is 128 Å². The van der Waals surface area contributed by atoms with Crippen molar-refractivity contribution < 1.29 is 52.2 Å². The number of hydrogen-bond donors (Lipinski definition) is 2. The number of esters is 3. The van der Waals surface area contributed by atoms with Crippen LogP contribution in [0.3, 0.4) is 0 Å². The molecule has 0 fully saturated rings. The predicted molar refractivity (Wildman–Crippen MR) is 270 cm³/mol. The minimum absolute atomic E-state index is 0.142. The molecule has 3 atom stereocenters. The molecule has 0 aromatic carbocycles. The molecule has 0 saturated carbocycles. The molecular formula is C54H93O11P. The highest BCUT2D eigenvalue weighted by Gasteiger charge is 2.28. The first-order valence-electron chi connectivity index (χ1n) is 25.8. The van der Waals surface area contributed by atoms with Gasteiger partial charge in [-0.15, -0.1) is 0 Å². The Morgan fingerprint density at radius 1 is 0.439 bits per heavy atom. The van der Waals surface area contributed by atoms with E-state index in [9.17, 15) is 28.9 Å². The zero-order chi connectivity index (χ0) is 48.4. The van der Waals surface area contributed by atoms with Gasteiger partial charge in [-0.1, -0.05) is 164 Å². The van der Waals surface area contributed by atoms with Crippen LogP contribution in [0.5, 0.6) is 0 Å². The van der Waals surface area contributed by atoms with E-state index < -0.39 is 57.8 Å². The van der Waals surface area contributed by atoms with Crippen LogP contribution >= 0.6 is 7.82 Å². The highest BCUT2D eigenvalue weighted by Crippen LogP contribution is 2.43. The third-order valence-electron chi connectivity index (χ3n) is 10.6. The number of carbonyl (C=O) groups excluding carboxylic acids is 3. The second-order valence-electron chi connectivity index (χ2n) is 16.9. The van der Waals surface area contributed by atoms with Gasteiger partial charge in [0, 0.05) is 19.3 Å². The normalized spacial score (nSPS) is 14.1. The Morgan fingerprint density at radius 2 is 0.818 bits per heavy atom. The smallest absolute Gasteiger partial charge is 0.462 e. The number of ether oxygens (including phenoxy) is 3. The Morgan fingerprint density at radius 3 is 1.30 bits per heavy atom. The maximum atomic E-state index is 12.8. The molecule has 0 aromatic rings. The Bertz CT molecular complexity index is 1390. The number of carbonyl (C=O) groups is 3.